The molecule has 1 aliphatic rings. The number of alkyl halides is 5. The van der Waals surface area contributed by atoms with Crippen LogP contribution in [0.15, 0.2) is 18.2 Å². The Hall–Kier alpha value is -1.32. The summed E-state index contributed by atoms with van der Waals surface area (Å²) in [6, 6.07) is -0.0746. The zero-order valence-corrected chi connectivity index (χ0v) is 12.0. The van der Waals surface area contributed by atoms with Gasteiger partial charge in [-0.15, -0.1) is 0 Å². The van der Waals surface area contributed by atoms with Crippen LogP contribution in [0.1, 0.15) is 17.2 Å². The first kappa shape index (κ1) is 18.0. The van der Waals surface area contributed by atoms with Crippen LogP contribution >= 0.6 is 0 Å². The lowest BCUT2D eigenvalue weighted by Crippen LogP contribution is -2.51. The average Bonchev–Trinajstić information content (AvgIpc) is 2.49. The van der Waals surface area contributed by atoms with Gasteiger partial charge in [0.05, 0.1) is 5.56 Å². The first-order valence-corrected chi connectivity index (χ1v) is 6.97. The number of piperazine rings is 1. The van der Waals surface area contributed by atoms with Gasteiger partial charge in [0.1, 0.15) is 18.5 Å². The Labute approximate surface area is 128 Å². The molecule has 9 heteroatoms. The number of nitrogens with zero attached hydrogens (tertiary/aromatic N) is 1. The molecule has 1 aromatic carbocycles. The third-order valence-electron chi connectivity index (χ3n) is 3.76. The van der Waals surface area contributed by atoms with Crippen molar-refractivity contribution in [3.05, 3.63) is 35.1 Å². The lowest BCUT2D eigenvalue weighted by Gasteiger charge is -2.39. The van der Waals surface area contributed by atoms with Crippen molar-refractivity contribution in [2.45, 2.75) is 18.1 Å². The van der Waals surface area contributed by atoms with Gasteiger partial charge < -0.3 is 10.4 Å². The molecule has 0 spiro atoms. The average molecular weight is 342 g/mol. The number of benzene rings is 1. The molecule has 0 saturated carbocycles. The van der Waals surface area contributed by atoms with Crippen molar-refractivity contribution in [3.8, 4) is 0 Å². The van der Waals surface area contributed by atoms with E-state index in [0.717, 1.165) is 11.0 Å². The van der Waals surface area contributed by atoms with E-state index in [0.29, 0.717) is 12.1 Å². The summed E-state index contributed by atoms with van der Waals surface area (Å²) in [5.41, 5.74) is -2.57. The largest absolute Gasteiger partial charge is 0.416 e. The van der Waals surface area contributed by atoms with E-state index in [9.17, 15) is 26.3 Å². The molecule has 2 N–H and O–H groups in total. The van der Waals surface area contributed by atoms with Crippen LogP contribution in [-0.2, 0) is 6.18 Å². The summed E-state index contributed by atoms with van der Waals surface area (Å²) < 4.78 is 81.9. The van der Waals surface area contributed by atoms with E-state index in [4.69, 9.17) is 5.11 Å². The highest BCUT2D eigenvalue weighted by molar-refractivity contribution is 5.35. The van der Waals surface area contributed by atoms with Gasteiger partial charge in [-0.25, -0.2) is 13.2 Å². The zero-order chi connectivity index (χ0) is 17.3. The maximum absolute atomic E-state index is 14.2. The van der Waals surface area contributed by atoms with Gasteiger partial charge in [-0.3, -0.25) is 4.90 Å². The van der Waals surface area contributed by atoms with Gasteiger partial charge in [-0.1, -0.05) is 6.07 Å². The van der Waals surface area contributed by atoms with Crippen LogP contribution in [0.4, 0.5) is 26.3 Å². The molecule has 1 saturated heterocycles. The van der Waals surface area contributed by atoms with Gasteiger partial charge in [0, 0.05) is 31.7 Å². The second-order valence-electron chi connectivity index (χ2n) is 5.31. The SMILES string of the molecule is OCC(F)(F)[C@H](c1c(F)cccc1C(F)(F)F)N1CCNCC1. The molecule has 2 rings (SSSR count). The maximum atomic E-state index is 14.2. The van der Waals surface area contributed by atoms with E-state index in [1.807, 2.05) is 0 Å². The van der Waals surface area contributed by atoms with Crippen molar-refractivity contribution < 1.29 is 31.4 Å². The summed E-state index contributed by atoms with van der Waals surface area (Å²) in [5, 5.41) is 11.8. The highest BCUT2D eigenvalue weighted by Crippen LogP contribution is 2.43. The van der Waals surface area contributed by atoms with E-state index in [1.165, 1.54) is 0 Å². The van der Waals surface area contributed by atoms with Crippen LogP contribution in [-0.4, -0.2) is 48.7 Å². The van der Waals surface area contributed by atoms with E-state index in [1.54, 1.807) is 0 Å². The Balaban J connectivity index is 2.60. The van der Waals surface area contributed by atoms with Gasteiger partial charge >= 0.3 is 6.18 Å². The maximum Gasteiger partial charge on any atom is 0.416 e. The molecule has 23 heavy (non-hydrogen) atoms. The van der Waals surface area contributed by atoms with Crippen LogP contribution in [0, 0.1) is 5.82 Å². The summed E-state index contributed by atoms with van der Waals surface area (Å²) in [5.74, 6) is -5.28. The Morgan fingerprint density at radius 2 is 1.74 bits per heavy atom. The summed E-state index contributed by atoms with van der Waals surface area (Å²) in [4.78, 5) is 1.07. The molecular formula is C14H16F6N2O. The summed E-state index contributed by atoms with van der Waals surface area (Å²) >= 11 is 0. The number of hydrogen-bond donors (Lipinski definition) is 2. The predicted octanol–water partition coefficient (Wildman–Crippen LogP) is 2.42. The zero-order valence-electron chi connectivity index (χ0n) is 12.0. The fourth-order valence-corrected chi connectivity index (χ4v) is 2.75. The Morgan fingerprint density at radius 3 is 2.26 bits per heavy atom. The summed E-state index contributed by atoms with van der Waals surface area (Å²) in [7, 11) is 0. The van der Waals surface area contributed by atoms with Crippen LogP contribution in [0.3, 0.4) is 0 Å². The molecule has 1 aromatic rings. The molecule has 0 bridgehead atoms. The van der Waals surface area contributed by atoms with Gasteiger partial charge in [0.2, 0.25) is 0 Å². The van der Waals surface area contributed by atoms with Crippen molar-refractivity contribution >= 4 is 0 Å². The second-order valence-corrected chi connectivity index (χ2v) is 5.31. The number of nitrogens with one attached hydrogen (secondary N) is 1. The first-order chi connectivity index (χ1) is 10.7. The van der Waals surface area contributed by atoms with Gasteiger partial charge in [0.15, 0.2) is 0 Å². The minimum absolute atomic E-state index is 0.0197. The molecule has 0 radical (unpaired) electrons. The van der Waals surface area contributed by atoms with E-state index >= 15 is 0 Å². The number of rotatable bonds is 4. The van der Waals surface area contributed by atoms with Crippen molar-refractivity contribution in [1.82, 2.24) is 10.2 Å². The monoisotopic (exact) mass is 342 g/mol. The predicted molar refractivity (Wildman–Crippen MR) is 70.6 cm³/mol. The highest BCUT2D eigenvalue weighted by atomic mass is 19.4. The first-order valence-electron chi connectivity index (χ1n) is 6.97. The number of halogens is 6. The lowest BCUT2D eigenvalue weighted by molar-refractivity contribution is -0.145. The van der Waals surface area contributed by atoms with Crippen LogP contribution in [0.25, 0.3) is 0 Å². The topological polar surface area (TPSA) is 35.5 Å². The van der Waals surface area contributed by atoms with E-state index in [-0.39, 0.29) is 26.2 Å². The fraction of sp³-hybridized carbons (Fsp3) is 0.571. The van der Waals surface area contributed by atoms with Crippen LogP contribution in [0.5, 0.6) is 0 Å². The van der Waals surface area contributed by atoms with Gasteiger partial charge in [-0.05, 0) is 12.1 Å². The minimum Gasteiger partial charge on any atom is -0.390 e. The summed E-state index contributed by atoms with van der Waals surface area (Å²) in [6.07, 6.45) is -4.98. The fourth-order valence-electron chi connectivity index (χ4n) is 2.75. The van der Waals surface area contributed by atoms with E-state index < -0.39 is 41.7 Å². The molecule has 0 amide bonds. The quantitative estimate of drug-likeness (QED) is 0.825. The van der Waals surface area contributed by atoms with Crippen molar-refractivity contribution in [2.75, 3.05) is 32.8 Å². The van der Waals surface area contributed by atoms with Gasteiger partial charge in [-0.2, -0.15) is 13.2 Å². The van der Waals surface area contributed by atoms with Crippen LogP contribution < -0.4 is 5.32 Å². The molecule has 1 aliphatic heterocycles. The molecule has 1 fully saturated rings. The van der Waals surface area contributed by atoms with Crippen LogP contribution in [0.2, 0.25) is 0 Å². The molecule has 1 heterocycles. The molecule has 0 aliphatic carbocycles. The van der Waals surface area contributed by atoms with Crippen molar-refractivity contribution in [3.63, 3.8) is 0 Å². The molecule has 1 atom stereocenters. The number of aliphatic hydroxyl groups is 1. The minimum atomic E-state index is -4.98. The second kappa shape index (κ2) is 6.66. The Bertz CT molecular complexity index is 543. The third kappa shape index (κ3) is 3.78. The number of aliphatic hydroxyl groups excluding tert-OH is 1. The van der Waals surface area contributed by atoms with Gasteiger partial charge in [0.25, 0.3) is 5.92 Å². The molecule has 0 unspecified atom stereocenters. The highest BCUT2D eigenvalue weighted by Gasteiger charge is 2.49. The number of hydrogen-bond acceptors (Lipinski definition) is 3. The lowest BCUT2D eigenvalue weighted by atomic mass is 9.92. The van der Waals surface area contributed by atoms with Crippen molar-refractivity contribution in [1.29, 1.82) is 0 Å². The summed E-state index contributed by atoms with van der Waals surface area (Å²) in [6.45, 7) is -1.06. The normalized spacial score (nSPS) is 18.9. The molecule has 3 nitrogen and oxygen atoms in total. The molecule has 0 aromatic heterocycles. The Kier molecular flexibility index (Phi) is 5.22. The molecular weight excluding hydrogens is 326 g/mol. The standard InChI is InChI=1S/C14H16F6N2O/c15-10-3-1-2-9(14(18,19)20)11(10)12(13(16,17)8-23)22-6-4-21-5-7-22/h1-3,12,21,23H,4-8H2/t12-/m0/s1. The smallest absolute Gasteiger partial charge is 0.390 e. The Morgan fingerprint density at radius 1 is 1.13 bits per heavy atom. The third-order valence-corrected chi connectivity index (χ3v) is 3.76. The van der Waals surface area contributed by atoms with E-state index in [2.05, 4.69) is 5.32 Å². The van der Waals surface area contributed by atoms with Crippen molar-refractivity contribution in [2.24, 2.45) is 0 Å². The molecule has 130 valence electrons.